The molecule has 206 valence electrons. The van der Waals surface area contributed by atoms with Crippen LogP contribution in [0.5, 0.6) is 0 Å². The van der Waals surface area contributed by atoms with Gasteiger partial charge in [-0.3, -0.25) is 4.57 Å². The van der Waals surface area contributed by atoms with Crippen LogP contribution in [0.1, 0.15) is 108 Å². The molecule has 2 saturated heterocycles. The van der Waals surface area contributed by atoms with Crippen molar-refractivity contribution >= 4 is 12.9 Å². The maximum Gasteiger partial charge on any atom is 0.361 e. The number of benzene rings is 1. The van der Waals surface area contributed by atoms with Gasteiger partial charge in [0, 0.05) is 34.0 Å². The van der Waals surface area contributed by atoms with Crippen molar-refractivity contribution in [3.63, 3.8) is 0 Å². The third-order valence-corrected chi connectivity index (χ3v) is 12.3. The minimum absolute atomic E-state index is 0.0763. The van der Waals surface area contributed by atoms with Crippen molar-refractivity contribution < 1.29 is 13.6 Å². The summed E-state index contributed by atoms with van der Waals surface area (Å²) in [4.78, 5) is 0. The summed E-state index contributed by atoms with van der Waals surface area (Å²) in [5, 5.41) is 8.50. The number of piperidine rings is 2. The Balaban J connectivity index is 2.01. The predicted molar refractivity (Wildman–Crippen MR) is 152 cm³/mol. The first kappa shape index (κ1) is 29.8. The van der Waals surface area contributed by atoms with E-state index in [0.717, 1.165) is 38.5 Å². The lowest BCUT2D eigenvalue weighted by molar-refractivity contribution is -0.0447. The first-order valence-corrected chi connectivity index (χ1v) is 15.9. The quantitative estimate of drug-likeness (QED) is 0.337. The maximum atomic E-state index is 15.0. The van der Waals surface area contributed by atoms with Crippen molar-refractivity contribution in [1.82, 2.24) is 10.6 Å². The Morgan fingerprint density at radius 1 is 0.750 bits per heavy atom. The summed E-state index contributed by atoms with van der Waals surface area (Å²) in [6, 6.07) is 9.65. The van der Waals surface area contributed by atoms with E-state index in [1.807, 2.05) is 30.3 Å². The zero-order chi connectivity index (χ0) is 27.0. The Kier molecular flexibility index (Phi) is 8.96. The molecule has 5 nitrogen and oxygen atoms in total. The van der Waals surface area contributed by atoms with Crippen molar-refractivity contribution in [3.8, 4) is 0 Å². The average molecular weight is 521 g/mol. The van der Waals surface area contributed by atoms with Crippen LogP contribution in [-0.2, 0) is 13.6 Å². The smallest absolute Gasteiger partial charge is 0.306 e. The van der Waals surface area contributed by atoms with Crippen LogP contribution in [0.25, 0.3) is 0 Å². The standard InChI is InChI=1S/C30H53N2O3P/c1-11-27(7)20-25(22(5)29(9,13-3)31-27)34-36(33,24-18-16-15-17-19-24)35-26-21-28(8,12-2)32-30(10,14-4)23(26)6/h15-19,22-23,25-26,31-32H,11-14,20-21H2,1-10H3. The van der Waals surface area contributed by atoms with Crippen LogP contribution in [-0.4, -0.2) is 34.4 Å². The first-order chi connectivity index (χ1) is 16.7. The molecule has 2 fully saturated rings. The molecule has 0 spiro atoms. The highest BCUT2D eigenvalue weighted by molar-refractivity contribution is 7.62. The zero-order valence-electron chi connectivity index (χ0n) is 24.6. The largest absolute Gasteiger partial charge is 0.361 e. The monoisotopic (exact) mass is 520 g/mol. The Morgan fingerprint density at radius 3 is 1.47 bits per heavy atom. The van der Waals surface area contributed by atoms with Crippen LogP contribution < -0.4 is 15.9 Å². The Hall–Kier alpha value is -0.710. The fraction of sp³-hybridized carbons (Fsp3) is 0.800. The van der Waals surface area contributed by atoms with Crippen molar-refractivity contribution in [2.45, 2.75) is 142 Å². The van der Waals surface area contributed by atoms with Gasteiger partial charge in [-0.05, 0) is 78.4 Å². The van der Waals surface area contributed by atoms with Crippen molar-refractivity contribution in [3.05, 3.63) is 30.3 Å². The molecule has 0 bridgehead atoms. The van der Waals surface area contributed by atoms with Crippen LogP contribution in [0.2, 0.25) is 0 Å². The van der Waals surface area contributed by atoms with Gasteiger partial charge >= 0.3 is 7.60 Å². The van der Waals surface area contributed by atoms with E-state index in [0.29, 0.717) is 5.30 Å². The van der Waals surface area contributed by atoms with E-state index in [-0.39, 0.29) is 46.2 Å². The second kappa shape index (κ2) is 10.8. The summed E-state index contributed by atoms with van der Waals surface area (Å²) in [5.74, 6) is 0.380. The van der Waals surface area contributed by atoms with E-state index in [1.54, 1.807) is 0 Å². The van der Waals surface area contributed by atoms with Crippen molar-refractivity contribution in [1.29, 1.82) is 0 Å². The SMILES string of the molecule is CCC1(C)CC(OP(=O)(OC2CC(C)(CC)NC(C)(CC)C2C)c2ccccc2)C(C)C(C)(CC)N1. The summed E-state index contributed by atoms with van der Waals surface area (Å²) in [7, 11) is -3.61. The fourth-order valence-electron chi connectivity index (χ4n) is 6.43. The van der Waals surface area contributed by atoms with Gasteiger partial charge in [-0.2, -0.15) is 0 Å². The summed E-state index contributed by atoms with van der Waals surface area (Å²) in [5.41, 5.74) is -0.349. The fourth-order valence-corrected chi connectivity index (χ4v) is 8.49. The van der Waals surface area contributed by atoms with Crippen LogP contribution in [0.4, 0.5) is 0 Å². The van der Waals surface area contributed by atoms with Crippen molar-refractivity contribution in [2.75, 3.05) is 0 Å². The van der Waals surface area contributed by atoms with E-state index in [1.165, 1.54) is 0 Å². The van der Waals surface area contributed by atoms with E-state index in [9.17, 15) is 4.57 Å². The molecule has 8 unspecified atom stereocenters. The third-order valence-electron chi connectivity index (χ3n) is 10.3. The molecule has 8 atom stereocenters. The normalized spacial score (nSPS) is 43.2. The molecular weight excluding hydrogens is 467 g/mol. The second-order valence-electron chi connectivity index (χ2n) is 12.7. The van der Waals surface area contributed by atoms with Gasteiger partial charge < -0.3 is 19.7 Å². The molecule has 1 aromatic carbocycles. The minimum atomic E-state index is -3.61. The Morgan fingerprint density at radius 2 is 1.14 bits per heavy atom. The van der Waals surface area contributed by atoms with Gasteiger partial charge in [-0.25, -0.2) is 0 Å². The van der Waals surface area contributed by atoms with Gasteiger partial charge in [0.05, 0.1) is 17.5 Å². The summed E-state index contributed by atoms with van der Waals surface area (Å²) < 4.78 is 28.6. The molecule has 36 heavy (non-hydrogen) atoms. The number of nitrogens with one attached hydrogen (secondary N) is 2. The summed E-state index contributed by atoms with van der Waals surface area (Å²) in [6.07, 6.45) is 5.22. The van der Waals surface area contributed by atoms with Gasteiger partial charge in [0.2, 0.25) is 0 Å². The highest BCUT2D eigenvalue weighted by Crippen LogP contribution is 2.56. The topological polar surface area (TPSA) is 59.6 Å². The lowest BCUT2D eigenvalue weighted by Gasteiger charge is -2.55. The molecular formula is C30H53N2O3P. The Labute approximate surface area is 221 Å². The Bertz CT molecular complexity index is 876. The second-order valence-corrected chi connectivity index (χ2v) is 14.7. The zero-order valence-corrected chi connectivity index (χ0v) is 25.5. The van der Waals surface area contributed by atoms with Crippen LogP contribution in [0.3, 0.4) is 0 Å². The number of rotatable bonds is 9. The average Bonchev–Trinajstić information content (AvgIpc) is 2.86. The minimum Gasteiger partial charge on any atom is -0.306 e. The molecule has 0 radical (unpaired) electrons. The van der Waals surface area contributed by atoms with Gasteiger partial charge in [0.1, 0.15) is 0 Å². The number of hydrogen-bond acceptors (Lipinski definition) is 5. The summed E-state index contributed by atoms with van der Waals surface area (Å²) in [6.45, 7) is 22.5. The van der Waals surface area contributed by atoms with Crippen LogP contribution in [0.15, 0.2) is 30.3 Å². The van der Waals surface area contributed by atoms with E-state index in [4.69, 9.17) is 9.05 Å². The van der Waals surface area contributed by atoms with Crippen LogP contribution >= 0.6 is 7.60 Å². The molecule has 0 saturated carbocycles. The predicted octanol–water partition coefficient (Wildman–Crippen LogP) is 7.21. The van der Waals surface area contributed by atoms with Crippen LogP contribution in [0, 0.1) is 11.8 Å². The molecule has 2 heterocycles. The molecule has 1 aromatic rings. The van der Waals surface area contributed by atoms with E-state index >= 15 is 0 Å². The molecule has 2 aliphatic heterocycles. The molecule has 6 heteroatoms. The van der Waals surface area contributed by atoms with Gasteiger partial charge in [-0.1, -0.05) is 59.7 Å². The molecule has 0 amide bonds. The lowest BCUT2D eigenvalue weighted by atomic mass is 9.70. The molecule has 2 aliphatic rings. The molecule has 0 aromatic heterocycles. The molecule has 0 aliphatic carbocycles. The number of hydrogen-bond donors (Lipinski definition) is 2. The van der Waals surface area contributed by atoms with E-state index in [2.05, 4.69) is 79.9 Å². The van der Waals surface area contributed by atoms with Gasteiger partial charge in [0.25, 0.3) is 0 Å². The highest BCUT2D eigenvalue weighted by Gasteiger charge is 2.52. The molecule has 2 N–H and O–H groups in total. The third kappa shape index (κ3) is 5.81. The van der Waals surface area contributed by atoms with Gasteiger partial charge in [0.15, 0.2) is 0 Å². The molecule has 3 rings (SSSR count). The first-order valence-electron chi connectivity index (χ1n) is 14.3. The summed E-state index contributed by atoms with van der Waals surface area (Å²) >= 11 is 0. The van der Waals surface area contributed by atoms with E-state index < -0.39 is 7.60 Å². The lowest BCUT2D eigenvalue weighted by Crippen LogP contribution is -2.66. The van der Waals surface area contributed by atoms with Gasteiger partial charge in [-0.15, -0.1) is 0 Å². The highest BCUT2D eigenvalue weighted by atomic mass is 31.2. The van der Waals surface area contributed by atoms with Crippen molar-refractivity contribution in [2.24, 2.45) is 11.8 Å². The maximum absolute atomic E-state index is 15.0.